The quantitative estimate of drug-likeness (QED) is 0.688. The summed E-state index contributed by atoms with van der Waals surface area (Å²) in [6.45, 7) is 8.17. The van der Waals surface area contributed by atoms with Crippen LogP contribution in [0.5, 0.6) is 5.75 Å². The summed E-state index contributed by atoms with van der Waals surface area (Å²) in [5.41, 5.74) is 1.06. The number of aliphatic hydroxyl groups is 2. The van der Waals surface area contributed by atoms with Crippen LogP contribution >= 0.6 is 0 Å². The molecular formula is C18H32N2O3. The third-order valence-corrected chi connectivity index (χ3v) is 3.39. The van der Waals surface area contributed by atoms with Crippen LogP contribution in [0.4, 0.5) is 5.69 Å². The molecule has 0 bridgehead atoms. The molecule has 1 aromatic carbocycles. The van der Waals surface area contributed by atoms with Crippen LogP contribution < -0.4 is 9.64 Å². The van der Waals surface area contributed by atoms with Gasteiger partial charge in [-0.2, -0.15) is 0 Å². The lowest BCUT2D eigenvalue weighted by Gasteiger charge is -2.27. The van der Waals surface area contributed by atoms with E-state index in [4.69, 9.17) is 4.74 Å². The number of rotatable bonds is 10. The lowest BCUT2D eigenvalue weighted by molar-refractivity contribution is 0.0448. The zero-order chi connectivity index (χ0) is 17.4. The molecule has 0 aliphatic heterocycles. The van der Waals surface area contributed by atoms with Crippen LogP contribution in [0.3, 0.4) is 0 Å². The van der Waals surface area contributed by atoms with Crippen molar-refractivity contribution >= 4 is 5.69 Å². The minimum Gasteiger partial charge on any atom is -0.491 e. The van der Waals surface area contributed by atoms with Gasteiger partial charge in [-0.3, -0.25) is 4.90 Å². The van der Waals surface area contributed by atoms with Crippen LogP contribution in [-0.2, 0) is 0 Å². The minimum absolute atomic E-state index is 0.241. The Bertz CT molecular complexity index is 440. The van der Waals surface area contributed by atoms with Gasteiger partial charge in [0.25, 0.3) is 0 Å². The molecule has 5 heteroatoms. The van der Waals surface area contributed by atoms with Crippen LogP contribution in [0.15, 0.2) is 24.3 Å². The second kappa shape index (κ2) is 9.75. The van der Waals surface area contributed by atoms with E-state index in [1.165, 1.54) is 0 Å². The Hall–Kier alpha value is -1.30. The number of hydrogen-bond acceptors (Lipinski definition) is 5. The second-order valence-electron chi connectivity index (χ2n) is 6.82. The normalized spacial score (nSPS) is 14.1. The van der Waals surface area contributed by atoms with Crippen molar-refractivity contribution in [3.8, 4) is 5.75 Å². The third-order valence-electron chi connectivity index (χ3n) is 3.39. The van der Waals surface area contributed by atoms with E-state index in [1.807, 2.05) is 43.3 Å². The summed E-state index contributed by atoms with van der Waals surface area (Å²) in [5.74, 6) is 1.24. The molecule has 2 unspecified atom stereocenters. The maximum Gasteiger partial charge on any atom is 0.121 e. The summed E-state index contributed by atoms with van der Waals surface area (Å²) < 4.78 is 5.70. The van der Waals surface area contributed by atoms with Crippen LogP contribution in [0, 0.1) is 5.92 Å². The fourth-order valence-electron chi connectivity index (χ4n) is 2.51. The van der Waals surface area contributed by atoms with Gasteiger partial charge in [-0.25, -0.2) is 0 Å². The molecule has 0 heterocycles. The van der Waals surface area contributed by atoms with E-state index in [1.54, 1.807) is 6.92 Å². The van der Waals surface area contributed by atoms with Crippen molar-refractivity contribution in [3.05, 3.63) is 24.3 Å². The number of nitrogens with zero attached hydrogens (tertiary/aromatic N) is 2. The highest BCUT2D eigenvalue weighted by atomic mass is 16.5. The van der Waals surface area contributed by atoms with Crippen molar-refractivity contribution in [1.29, 1.82) is 0 Å². The summed E-state index contributed by atoms with van der Waals surface area (Å²) in [4.78, 5) is 4.09. The minimum atomic E-state index is -0.587. The third kappa shape index (κ3) is 8.21. The maximum atomic E-state index is 10.2. The maximum absolute atomic E-state index is 10.2. The van der Waals surface area contributed by atoms with Gasteiger partial charge < -0.3 is 19.8 Å². The largest absolute Gasteiger partial charge is 0.491 e. The first-order chi connectivity index (χ1) is 10.8. The average molecular weight is 324 g/mol. The summed E-state index contributed by atoms with van der Waals surface area (Å²) in [5, 5.41) is 19.8. The number of ether oxygens (including phenoxy) is 1. The summed E-state index contributed by atoms with van der Waals surface area (Å²) in [7, 11) is 3.96. The Morgan fingerprint density at radius 2 is 1.74 bits per heavy atom. The second-order valence-corrected chi connectivity index (χ2v) is 6.82. The first-order valence-electron chi connectivity index (χ1n) is 8.26. The standard InChI is InChI=1S/C18H32N2O3/c1-14(2)10-20(11-15(3)21)12-17(22)13-23-18-8-6-7-16(9-18)19(4)5/h6-9,14-15,17,21-22H,10-13H2,1-5H3. The van der Waals surface area contributed by atoms with Crippen molar-refractivity contribution in [1.82, 2.24) is 4.90 Å². The van der Waals surface area contributed by atoms with E-state index in [0.29, 0.717) is 19.0 Å². The smallest absolute Gasteiger partial charge is 0.121 e. The van der Waals surface area contributed by atoms with E-state index in [-0.39, 0.29) is 6.61 Å². The molecule has 0 fully saturated rings. The predicted octanol–water partition coefficient (Wildman–Crippen LogP) is 1.83. The molecular weight excluding hydrogens is 292 g/mol. The molecule has 5 nitrogen and oxygen atoms in total. The zero-order valence-electron chi connectivity index (χ0n) is 15.1. The molecule has 0 saturated heterocycles. The molecule has 0 aliphatic rings. The molecule has 0 saturated carbocycles. The van der Waals surface area contributed by atoms with E-state index < -0.39 is 12.2 Å². The highest BCUT2D eigenvalue weighted by Gasteiger charge is 2.15. The van der Waals surface area contributed by atoms with Crippen molar-refractivity contribution in [3.63, 3.8) is 0 Å². The first kappa shape index (κ1) is 19.7. The summed E-state index contributed by atoms with van der Waals surface area (Å²) >= 11 is 0. The Balaban J connectivity index is 2.50. The lowest BCUT2D eigenvalue weighted by atomic mass is 10.2. The molecule has 2 atom stereocenters. The molecule has 0 radical (unpaired) electrons. The van der Waals surface area contributed by atoms with Gasteiger partial charge in [0.2, 0.25) is 0 Å². The van der Waals surface area contributed by atoms with Crippen LogP contribution in [0.1, 0.15) is 20.8 Å². The SMILES string of the molecule is CC(C)CN(CC(C)O)CC(O)COc1cccc(N(C)C)c1. The zero-order valence-corrected chi connectivity index (χ0v) is 15.1. The molecule has 0 amide bonds. The van der Waals surface area contributed by atoms with Crippen LogP contribution in [0.2, 0.25) is 0 Å². The molecule has 0 aromatic heterocycles. The Kier molecular flexibility index (Phi) is 8.37. The lowest BCUT2D eigenvalue weighted by Crippen LogP contribution is -2.41. The Morgan fingerprint density at radius 3 is 2.30 bits per heavy atom. The van der Waals surface area contributed by atoms with Gasteiger partial charge in [0.15, 0.2) is 0 Å². The molecule has 1 rings (SSSR count). The molecule has 132 valence electrons. The van der Waals surface area contributed by atoms with Gasteiger partial charge in [0, 0.05) is 45.5 Å². The summed E-state index contributed by atoms with van der Waals surface area (Å²) in [6, 6.07) is 7.79. The fourth-order valence-corrected chi connectivity index (χ4v) is 2.51. The highest BCUT2D eigenvalue weighted by molar-refractivity contribution is 5.49. The molecule has 0 spiro atoms. The molecule has 1 aromatic rings. The van der Waals surface area contributed by atoms with Crippen molar-refractivity contribution in [2.45, 2.75) is 33.0 Å². The van der Waals surface area contributed by atoms with Crippen molar-refractivity contribution in [2.75, 3.05) is 45.2 Å². The molecule has 23 heavy (non-hydrogen) atoms. The van der Waals surface area contributed by atoms with E-state index >= 15 is 0 Å². The van der Waals surface area contributed by atoms with Crippen molar-refractivity contribution < 1.29 is 14.9 Å². The van der Waals surface area contributed by atoms with Gasteiger partial charge in [0.05, 0.1) is 6.10 Å². The Morgan fingerprint density at radius 1 is 1.04 bits per heavy atom. The average Bonchev–Trinajstić information content (AvgIpc) is 2.44. The van der Waals surface area contributed by atoms with E-state index in [0.717, 1.165) is 18.0 Å². The van der Waals surface area contributed by atoms with Gasteiger partial charge in [-0.1, -0.05) is 19.9 Å². The molecule has 0 aliphatic carbocycles. The summed E-state index contributed by atoms with van der Waals surface area (Å²) in [6.07, 6.45) is -0.992. The number of aliphatic hydroxyl groups excluding tert-OH is 2. The number of benzene rings is 1. The fraction of sp³-hybridized carbons (Fsp3) is 0.667. The number of anilines is 1. The van der Waals surface area contributed by atoms with Gasteiger partial charge in [-0.05, 0) is 25.0 Å². The van der Waals surface area contributed by atoms with E-state index in [2.05, 4.69) is 18.7 Å². The van der Waals surface area contributed by atoms with Gasteiger partial charge in [-0.15, -0.1) is 0 Å². The van der Waals surface area contributed by atoms with Gasteiger partial charge >= 0.3 is 0 Å². The van der Waals surface area contributed by atoms with Crippen LogP contribution in [0.25, 0.3) is 0 Å². The predicted molar refractivity (Wildman–Crippen MR) is 95.2 cm³/mol. The van der Waals surface area contributed by atoms with Gasteiger partial charge in [0.1, 0.15) is 18.5 Å². The van der Waals surface area contributed by atoms with Crippen molar-refractivity contribution in [2.24, 2.45) is 5.92 Å². The Labute approximate surface area is 140 Å². The topological polar surface area (TPSA) is 56.2 Å². The van der Waals surface area contributed by atoms with Crippen LogP contribution in [-0.4, -0.2) is 67.7 Å². The molecule has 2 N–H and O–H groups in total. The number of hydrogen-bond donors (Lipinski definition) is 2. The highest BCUT2D eigenvalue weighted by Crippen LogP contribution is 2.19. The monoisotopic (exact) mass is 324 g/mol. The van der Waals surface area contributed by atoms with E-state index in [9.17, 15) is 10.2 Å². The first-order valence-corrected chi connectivity index (χ1v) is 8.26.